The predicted octanol–water partition coefficient (Wildman–Crippen LogP) is -1.56. The number of rotatable bonds is 4. The molecule has 0 atom stereocenters. The van der Waals surface area contributed by atoms with Crippen molar-refractivity contribution in [3.8, 4) is 0 Å². The van der Waals surface area contributed by atoms with Crippen LogP contribution in [-0.4, -0.2) is 54.9 Å². The fraction of sp³-hybridized carbons (Fsp3) is 0.364. The highest BCUT2D eigenvalue weighted by molar-refractivity contribution is 7.90. The van der Waals surface area contributed by atoms with Gasteiger partial charge >= 0.3 is 0 Å². The Balaban J connectivity index is 2.55. The minimum absolute atomic E-state index is 0.00718. The van der Waals surface area contributed by atoms with Crippen molar-refractivity contribution in [2.24, 2.45) is 4.99 Å². The number of amidine groups is 1. The van der Waals surface area contributed by atoms with Crippen molar-refractivity contribution in [3.63, 3.8) is 0 Å². The average molecular weight is 286 g/mol. The Bertz CT molecular complexity index is 599. The molecule has 0 bridgehead atoms. The second kappa shape index (κ2) is 4.89. The quantitative estimate of drug-likeness (QED) is 0.534. The van der Waals surface area contributed by atoms with E-state index in [1.165, 1.54) is 6.07 Å². The topological polar surface area (TPSA) is 119 Å². The highest BCUT2D eigenvalue weighted by Gasteiger charge is 2.34. The van der Waals surface area contributed by atoms with Gasteiger partial charge in [0.1, 0.15) is 11.4 Å². The molecule has 4 N–H and O–H groups in total. The van der Waals surface area contributed by atoms with Crippen LogP contribution >= 0.6 is 0 Å². The average Bonchev–Trinajstić information content (AvgIpc) is 2.68. The van der Waals surface area contributed by atoms with Gasteiger partial charge in [0.15, 0.2) is 0 Å². The number of aliphatic imine (C=N–C) groups is 1. The number of sulfonamides is 1. The van der Waals surface area contributed by atoms with Crippen LogP contribution in [0.5, 0.6) is 0 Å². The van der Waals surface area contributed by atoms with Crippen LogP contribution < -0.4 is 4.72 Å². The van der Waals surface area contributed by atoms with Crippen molar-refractivity contribution < 1.29 is 23.7 Å². The van der Waals surface area contributed by atoms with Gasteiger partial charge in [0.25, 0.3) is 10.0 Å². The predicted molar refractivity (Wildman–Crippen MR) is 67.3 cm³/mol. The first-order chi connectivity index (χ1) is 8.98. The molecule has 0 radical (unpaired) electrons. The smallest absolute Gasteiger partial charge is 0.263 e. The van der Waals surface area contributed by atoms with Gasteiger partial charge in [0, 0.05) is 5.56 Å². The molecule has 1 aliphatic heterocycles. The summed E-state index contributed by atoms with van der Waals surface area (Å²) in [6, 6.07) is 6.22. The standard InChI is InChI=1S/C11H14N2O5S/c14-5-11(6-15,7-16)12-10-8-3-1-2-4-9(8)19(17,18)13-10/h1-4,14-16H,5-7H2,(H,12,13). The van der Waals surface area contributed by atoms with Gasteiger partial charge in [-0.2, -0.15) is 0 Å². The van der Waals surface area contributed by atoms with Crippen molar-refractivity contribution in [3.05, 3.63) is 29.8 Å². The molecule has 1 aromatic carbocycles. The van der Waals surface area contributed by atoms with E-state index in [2.05, 4.69) is 9.71 Å². The molecular formula is C11H14N2O5S. The molecule has 0 aliphatic carbocycles. The van der Waals surface area contributed by atoms with Gasteiger partial charge < -0.3 is 15.3 Å². The molecule has 7 nitrogen and oxygen atoms in total. The van der Waals surface area contributed by atoms with Crippen molar-refractivity contribution in [1.29, 1.82) is 0 Å². The van der Waals surface area contributed by atoms with Crippen LogP contribution in [0.25, 0.3) is 0 Å². The van der Waals surface area contributed by atoms with Crippen molar-refractivity contribution in [2.75, 3.05) is 19.8 Å². The molecule has 0 spiro atoms. The van der Waals surface area contributed by atoms with E-state index in [4.69, 9.17) is 0 Å². The fourth-order valence-corrected chi connectivity index (χ4v) is 2.94. The number of hydrogen-bond donors (Lipinski definition) is 4. The summed E-state index contributed by atoms with van der Waals surface area (Å²) in [5.74, 6) is 0.00718. The molecule has 1 aromatic rings. The van der Waals surface area contributed by atoms with Gasteiger partial charge in [-0.25, -0.2) is 8.42 Å². The lowest BCUT2D eigenvalue weighted by Crippen LogP contribution is -2.42. The van der Waals surface area contributed by atoms with Crippen LogP contribution in [0.3, 0.4) is 0 Å². The summed E-state index contributed by atoms with van der Waals surface area (Å²) in [5, 5.41) is 27.6. The van der Waals surface area contributed by atoms with E-state index in [1.807, 2.05) is 0 Å². The molecule has 1 heterocycles. The minimum atomic E-state index is -3.68. The molecule has 0 amide bonds. The molecule has 0 aromatic heterocycles. The molecule has 0 saturated heterocycles. The SMILES string of the molecule is O=S1(=O)NC(=NC(CO)(CO)CO)c2ccccc21. The lowest BCUT2D eigenvalue weighted by molar-refractivity contribution is 0.0713. The van der Waals surface area contributed by atoms with Crippen LogP contribution in [0, 0.1) is 0 Å². The molecule has 19 heavy (non-hydrogen) atoms. The summed E-state index contributed by atoms with van der Waals surface area (Å²) in [6.45, 7) is -1.81. The third-order valence-corrected chi connectivity index (χ3v) is 4.29. The zero-order valence-electron chi connectivity index (χ0n) is 9.94. The molecule has 0 unspecified atom stereocenters. The first-order valence-electron chi connectivity index (χ1n) is 5.53. The molecule has 2 rings (SSSR count). The Hall–Kier alpha value is -1.48. The second-order valence-electron chi connectivity index (χ2n) is 4.26. The second-order valence-corrected chi connectivity index (χ2v) is 5.91. The third-order valence-electron chi connectivity index (χ3n) is 2.89. The number of aliphatic hydroxyl groups excluding tert-OH is 3. The Morgan fingerprint density at radius 1 is 1.11 bits per heavy atom. The molecule has 8 heteroatoms. The van der Waals surface area contributed by atoms with Gasteiger partial charge in [0.05, 0.1) is 24.7 Å². The minimum Gasteiger partial charge on any atom is -0.394 e. The number of fused-ring (bicyclic) bond motifs is 1. The van der Waals surface area contributed by atoms with Crippen LogP contribution in [0.2, 0.25) is 0 Å². The lowest BCUT2D eigenvalue weighted by atomic mass is 10.0. The van der Waals surface area contributed by atoms with Crippen molar-refractivity contribution in [1.82, 2.24) is 4.72 Å². The summed E-state index contributed by atoms with van der Waals surface area (Å²) in [5.41, 5.74) is -1.17. The largest absolute Gasteiger partial charge is 0.394 e. The Labute approximate surface area is 110 Å². The molecule has 0 saturated carbocycles. The maximum Gasteiger partial charge on any atom is 0.263 e. The van der Waals surface area contributed by atoms with E-state index in [-0.39, 0.29) is 10.7 Å². The van der Waals surface area contributed by atoms with E-state index in [0.717, 1.165) is 0 Å². The number of hydrogen-bond acceptors (Lipinski definition) is 6. The van der Waals surface area contributed by atoms with E-state index >= 15 is 0 Å². The van der Waals surface area contributed by atoms with Gasteiger partial charge in [-0.15, -0.1) is 0 Å². The van der Waals surface area contributed by atoms with Gasteiger partial charge in [-0.3, -0.25) is 9.71 Å². The van der Waals surface area contributed by atoms with E-state index < -0.39 is 35.4 Å². The van der Waals surface area contributed by atoms with E-state index in [1.54, 1.807) is 18.2 Å². The number of benzene rings is 1. The summed E-state index contributed by atoms with van der Waals surface area (Å²) in [4.78, 5) is 4.06. The zero-order chi connectivity index (χ0) is 14.1. The normalized spacial score (nSPS) is 19.2. The first kappa shape index (κ1) is 13.9. The van der Waals surface area contributed by atoms with Crippen molar-refractivity contribution in [2.45, 2.75) is 10.4 Å². The van der Waals surface area contributed by atoms with E-state index in [9.17, 15) is 23.7 Å². The van der Waals surface area contributed by atoms with Gasteiger partial charge in [-0.1, -0.05) is 12.1 Å². The summed E-state index contributed by atoms with van der Waals surface area (Å²) in [6.07, 6.45) is 0. The Morgan fingerprint density at radius 2 is 1.68 bits per heavy atom. The van der Waals surface area contributed by atoms with Gasteiger partial charge in [-0.05, 0) is 12.1 Å². The number of aliphatic hydroxyl groups is 3. The van der Waals surface area contributed by atoms with Crippen molar-refractivity contribution >= 4 is 15.9 Å². The third kappa shape index (κ3) is 2.35. The summed E-state index contributed by atoms with van der Waals surface area (Å²) >= 11 is 0. The van der Waals surface area contributed by atoms with Crippen LogP contribution in [0.1, 0.15) is 5.56 Å². The Morgan fingerprint density at radius 3 is 2.26 bits per heavy atom. The van der Waals surface area contributed by atoms with Gasteiger partial charge in [0.2, 0.25) is 0 Å². The molecule has 0 fully saturated rings. The highest BCUT2D eigenvalue weighted by Crippen LogP contribution is 2.24. The summed E-state index contributed by atoms with van der Waals surface area (Å²) in [7, 11) is -3.68. The number of nitrogens with zero attached hydrogens (tertiary/aromatic N) is 1. The maximum absolute atomic E-state index is 11.8. The highest BCUT2D eigenvalue weighted by atomic mass is 32.2. The van der Waals surface area contributed by atoms with Crippen LogP contribution in [0.4, 0.5) is 0 Å². The monoisotopic (exact) mass is 286 g/mol. The molecular weight excluding hydrogens is 272 g/mol. The fourth-order valence-electron chi connectivity index (χ4n) is 1.71. The number of nitrogens with one attached hydrogen (secondary N) is 1. The maximum atomic E-state index is 11.8. The van der Waals surface area contributed by atoms with E-state index in [0.29, 0.717) is 5.56 Å². The van der Waals surface area contributed by atoms with Crippen LogP contribution in [-0.2, 0) is 10.0 Å². The first-order valence-corrected chi connectivity index (χ1v) is 7.01. The summed E-state index contributed by atoms with van der Waals surface area (Å²) < 4.78 is 25.9. The van der Waals surface area contributed by atoms with Crippen LogP contribution in [0.15, 0.2) is 34.2 Å². The molecule has 1 aliphatic rings. The Kier molecular flexibility index (Phi) is 3.59. The lowest BCUT2D eigenvalue weighted by Gasteiger charge is -2.23. The molecule has 104 valence electrons. The zero-order valence-corrected chi connectivity index (χ0v) is 10.8.